The summed E-state index contributed by atoms with van der Waals surface area (Å²) < 4.78 is 11.5. The first-order chi connectivity index (χ1) is 8.46. The third-order valence-electron chi connectivity index (χ3n) is 3.26. The number of unbranched alkanes of at least 4 members (excludes halogenated alkanes) is 2. The molecule has 0 aliphatic carbocycles. The summed E-state index contributed by atoms with van der Waals surface area (Å²) in [5.74, 6) is -1.88. The molecule has 0 rings (SSSR count). The number of halogens is 1. The second-order valence-corrected chi connectivity index (χ2v) is 7.33. The minimum Gasteiger partial charge on any atom is -1.00 e. The monoisotopic (exact) mass is 425 g/mol. The predicted molar refractivity (Wildman–Crippen MR) is 70.6 cm³/mol. The van der Waals surface area contributed by atoms with Crippen molar-refractivity contribution >= 4 is 13.6 Å². The van der Waals surface area contributed by atoms with Gasteiger partial charge in [0.15, 0.2) is 0 Å². The maximum absolute atomic E-state index is 11.1. The van der Waals surface area contributed by atoms with Crippen LogP contribution in [0, 0.1) is 0 Å². The minimum absolute atomic E-state index is 0. The van der Waals surface area contributed by atoms with E-state index in [9.17, 15) is 14.5 Å². The number of hydrogen-bond donors (Lipinski definition) is 4. The van der Waals surface area contributed by atoms with E-state index in [1.54, 1.807) is 0 Å². The molecule has 0 aromatic carbocycles. The lowest BCUT2D eigenvalue weighted by molar-refractivity contribution is -0.891. The largest absolute Gasteiger partial charge is 1.00 e. The molecule has 4 N–H and O–H groups in total. The highest BCUT2D eigenvalue weighted by molar-refractivity contribution is 7.54. The average Bonchev–Trinajstić information content (AvgIpc) is 2.24. The molecule has 0 saturated heterocycles. The van der Waals surface area contributed by atoms with Gasteiger partial charge in [-0.1, -0.05) is 13.3 Å². The van der Waals surface area contributed by atoms with Crippen molar-refractivity contribution in [3.63, 3.8) is 0 Å². The molecule has 0 bridgehead atoms. The number of quaternary nitrogens is 1. The van der Waals surface area contributed by atoms with E-state index in [0.717, 1.165) is 25.8 Å². The van der Waals surface area contributed by atoms with Gasteiger partial charge in [0, 0.05) is 6.42 Å². The van der Waals surface area contributed by atoms with Crippen molar-refractivity contribution < 1.29 is 57.8 Å². The van der Waals surface area contributed by atoms with Crippen molar-refractivity contribution in [2.24, 2.45) is 0 Å². The number of rotatable bonds is 9. The van der Waals surface area contributed by atoms with Gasteiger partial charge >= 0.3 is 13.6 Å². The number of carboxylic acid groups (broad SMARTS) is 1. The third-order valence-corrected chi connectivity index (χ3v) is 4.64. The third kappa shape index (κ3) is 6.82. The molecule has 1 unspecified atom stereocenters. The Bertz CT molecular complexity index is 359. The van der Waals surface area contributed by atoms with Crippen LogP contribution in [-0.2, 0) is 9.36 Å². The first-order valence-electron chi connectivity index (χ1n) is 6.30. The van der Waals surface area contributed by atoms with Crippen LogP contribution in [0.15, 0.2) is 0 Å². The van der Waals surface area contributed by atoms with E-state index in [1.807, 2.05) is 14.1 Å². The molecule has 0 aliphatic heterocycles. The maximum Gasteiger partial charge on any atom is 0.368 e. The number of hydrogen-bond acceptors (Lipinski definition) is 3. The van der Waals surface area contributed by atoms with Gasteiger partial charge in [0.25, 0.3) is 5.34 Å². The summed E-state index contributed by atoms with van der Waals surface area (Å²) in [6, 6.07) is 0. The zero-order valence-electron chi connectivity index (χ0n) is 12.1. The zero-order valence-corrected chi connectivity index (χ0v) is 15.2. The molecule has 1 atom stereocenters. The van der Waals surface area contributed by atoms with E-state index in [-0.39, 0.29) is 30.5 Å². The van der Waals surface area contributed by atoms with Crippen LogP contribution in [0.4, 0.5) is 0 Å². The lowest BCUT2D eigenvalue weighted by Gasteiger charge is -2.33. The quantitative estimate of drug-likeness (QED) is 0.142. The molecule has 0 saturated carbocycles. The molecular weight excluding hydrogens is 400 g/mol. The van der Waals surface area contributed by atoms with Crippen LogP contribution >= 0.6 is 7.60 Å². The number of carboxylic acids is 1. The summed E-state index contributed by atoms with van der Waals surface area (Å²) in [5.41, 5.74) is 0. The summed E-state index contributed by atoms with van der Waals surface area (Å²) >= 11 is 0. The second-order valence-electron chi connectivity index (χ2n) is 5.51. The highest BCUT2D eigenvalue weighted by atomic mass is 127. The van der Waals surface area contributed by atoms with E-state index < -0.39 is 25.3 Å². The van der Waals surface area contributed by atoms with Gasteiger partial charge in [0.1, 0.15) is 0 Å². The molecule has 122 valence electrons. The fraction of sp³-hybridized carbons (Fsp3) is 0.909. The smallest absolute Gasteiger partial charge is 0.368 e. The van der Waals surface area contributed by atoms with Gasteiger partial charge in [-0.3, -0.25) is 4.57 Å². The number of aliphatic hydroxyl groups is 1. The molecule has 0 aromatic rings. The molecule has 0 spiro atoms. The Labute approximate surface area is 136 Å². The summed E-state index contributed by atoms with van der Waals surface area (Å²) in [6.07, 6.45) is 2.57. The molecule has 0 heterocycles. The van der Waals surface area contributed by atoms with E-state index >= 15 is 0 Å². The highest BCUT2D eigenvalue weighted by Gasteiger charge is 2.53. The van der Waals surface area contributed by atoms with E-state index in [2.05, 4.69) is 6.92 Å². The molecule has 7 nitrogen and oxygen atoms in total. The lowest BCUT2D eigenvalue weighted by Crippen LogP contribution is -3.00. The van der Waals surface area contributed by atoms with Gasteiger partial charge in [-0.2, -0.15) is 0 Å². The molecule has 0 radical (unpaired) electrons. The molecule has 9 heteroatoms. The van der Waals surface area contributed by atoms with Crippen molar-refractivity contribution in [3.8, 4) is 0 Å². The Morgan fingerprint density at radius 2 is 1.70 bits per heavy atom. The van der Waals surface area contributed by atoms with Gasteiger partial charge in [-0.25, -0.2) is 4.79 Å². The Kier molecular flexibility index (Phi) is 9.75. The lowest BCUT2D eigenvalue weighted by atomic mass is 10.2. The van der Waals surface area contributed by atoms with Crippen LogP contribution in [-0.4, -0.2) is 63.0 Å². The van der Waals surface area contributed by atoms with Crippen LogP contribution in [0.5, 0.6) is 0 Å². The first-order valence-corrected chi connectivity index (χ1v) is 7.91. The molecule has 0 aromatic heterocycles. The maximum atomic E-state index is 11.1. The van der Waals surface area contributed by atoms with Crippen LogP contribution in [0.2, 0.25) is 0 Å². The molecule has 0 amide bonds. The number of carbonyl (C=O) groups is 1. The van der Waals surface area contributed by atoms with Crippen LogP contribution in [0.1, 0.15) is 32.6 Å². The number of aliphatic carboxylic acids is 1. The van der Waals surface area contributed by atoms with Crippen molar-refractivity contribution in [2.75, 3.05) is 27.2 Å². The molecule has 0 aliphatic rings. The van der Waals surface area contributed by atoms with Crippen molar-refractivity contribution in [3.05, 3.63) is 0 Å². The Hall–Kier alpha value is 0.270. The Morgan fingerprint density at radius 1 is 1.20 bits per heavy atom. The molecule has 0 fully saturated rings. The zero-order chi connectivity index (χ0) is 15.3. The topological polar surface area (TPSA) is 115 Å². The fourth-order valence-corrected chi connectivity index (χ4v) is 2.38. The second kappa shape index (κ2) is 8.65. The van der Waals surface area contributed by atoms with E-state index in [4.69, 9.17) is 14.9 Å². The Morgan fingerprint density at radius 3 is 2.05 bits per heavy atom. The van der Waals surface area contributed by atoms with Gasteiger partial charge in [0.05, 0.1) is 27.2 Å². The predicted octanol–water partition coefficient (Wildman–Crippen LogP) is -2.40. The van der Waals surface area contributed by atoms with Gasteiger partial charge in [-0.15, -0.1) is 0 Å². The fourth-order valence-electron chi connectivity index (χ4n) is 1.74. The molecule has 20 heavy (non-hydrogen) atoms. The van der Waals surface area contributed by atoms with E-state index in [1.165, 1.54) is 0 Å². The standard InChI is InChI=1S/C11H24NO6P.HI/c1-4-5-6-8-12(2,3)9-7-11(15,10(13)14)19(16,17)18;/h15H,4-9H2,1-3H3,(H2-,13,14,16,17,18);1H. The summed E-state index contributed by atoms with van der Waals surface area (Å²) in [4.78, 5) is 28.9. The summed E-state index contributed by atoms with van der Waals surface area (Å²) in [7, 11) is -1.43. The average molecular weight is 425 g/mol. The van der Waals surface area contributed by atoms with Crippen LogP contribution in [0.25, 0.3) is 0 Å². The Balaban J connectivity index is 0. The van der Waals surface area contributed by atoms with Crippen LogP contribution < -0.4 is 24.0 Å². The van der Waals surface area contributed by atoms with Gasteiger partial charge < -0.3 is 48.5 Å². The highest BCUT2D eigenvalue weighted by Crippen LogP contribution is 2.51. The SMILES string of the molecule is CCCCC[N+](C)(C)CCC(O)(C(=O)O)P(=O)(O)O.[I-]. The van der Waals surface area contributed by atoms with Gasteiger partial charge in [0.2, 0.25) is 0 Å². The van der Waals surface area contributed by atoms with Crippen molar-refractivity contribution in [1.82, 2.24) is 0 Å². The normalized spacial score (nSPS) is 15.3. The summed E-state index contributed by atoms with van der Waals surface area (Å²) in [5, 5.41) is 15.5. The molecular formula is C11H25INO6P. The first kappa shape index (κ1) is 22.5. The van der Waals surface area contributed by atoms with Crippen LogP contribution in [0.3, 0.4) is 0 Å². The summed E-state index contributed by atoms with van der Waals surface area (Å²) in [6.45, 7) is 3.01. The number of nitrogens with zero attached hydrogens (tertiary/aromatic N) is 1. The van der Waals surface area contributed by atoms with Crippen molar-refractivity contribution in [1.29, 1.82) is 0 Å². The van der Waals surface area contributed by atoms with E-state index in [0.29, 0.717) is 4.48 Å². The van der Waals surface area contributed by atoms with Gasteiger partial charge in [-0.05, 0) is 12.8 Å². The van der Waals surface area contributed by atoms with Crippen molar-refractivity contribution in [2.45, 2.75) is 37.9 Å². The minimum atomic E-state index is -5.12.